The van der Waals surface area contributed by atoms with Crippen molar-refractivity contribution in [2.24, 2.45) is 0 Å². The average Bonchev–Trinajstić information content (AvgIpc) is 2.75. The van der Waals surface area contributed by atoms with Crippen molar-refractivity contribution < 1.29 is 4.52 Å². The minimum absolute atomic E-state index is 0. The van der Waals surface area contributed by atoms with Crippen molar-refractivity contribution in [2.75, 3.05) is 11.9 Å². The van der Waals surface area contributed by atoms with Gasteiger partial charge in [-0.1, -0.05) is 11.2 Å². The number of halogens is 1. The fourth-order valence-corrected chi connectivity index (χ4v) is 2.12. The van der Waals surface area contributed by atoms with Crippen LogP contribution in [0, 0.1) is 6.92 Å². The van der Waals surface area contributed by atoms with E-state index in [9.17, 15) is 0 Å². The van der Waals surface area contributed by atoms with Gasteiger partial charge in [0.1, 0.15) is 0 Å². The minimum Gasteiger partial charge on any atom is -0.385 e. The number of benzene rings is 1. The topological polar surface area (TPSA) is 51.0 Å². The molecule has 1 aromatic heterocycles. The summed E-state index contributed by atoms with van der Waals surface area (Å²) in [6.07, 6.45) is 2.22. The number of anilines is 1. The van der Waals surface area contributed by atoms with Crippen LogP contribution in [0.3, 0.4) is 0 Å². The van der Waals surface area contributed by atoms with Crippen LogP contribution in [0.4, 0.5) is 5.69 Å². The van der Waals surface area contributed by atoms with E-state index in [4.69, 9.17) is 4.52 Å². The summed E-state index contributed by atoms with van der Waals surface area (Å²) in [6, 6.07) is 6.16. The molecular formula is C12H14ClN3O. The van der Waals surface area contributed by atoms with Gasteiger partial charge in [0.05, 0.1) is 0 Å². The van der Waals surface area contributed by atoms with Crippen LogP contribution in [0.5, 0.6) is 0 Å². The molecule has 4 nitrogen and oxygen atoms in total. The summed E-state index contributed by atoms with van der Waals surface area (Å²) in [5.41, 5.74) is 3.54. The summed E-state index contributed by atoms with van der Waals surface area (Å²) in [5.74, 6) is 1.30. The Bertz CT molecular complexity index is 524. The fraction of sp³-hybridized carbons (Fsp3) is 0.333. The van der Waals surface area contributed by atoms with Crippen molar-refractivity contribution >= 4 is 18.1 Å². The summed E-state index contributed by atoms with van der Waals surface area (Å²) in [6.45, 7) is 2.87. The molecule has 3 rings (SSSR count). The average molecular weight is 252 g/mol. The van der Waals surface area contributed by atoms with E-state index in [1.165, 1.54) is 11.3 Å². The maximum Gasteiger partial charge on any atom is 0.258 e. The maximum atomic E-state index is 5.23. The molecule has 2 heterocycles. The lowest BCUT2D eigenvalue weighted by molar-refractivity contribution is 0.425. The molecule has 1 aliphatic heterocycles. The third-order valence-electron chi connectivity index (χ3n) is 2.85. The monoisotopic (exact) mass is 251 g/mol. The number of nitrogens with one attached hydrogen (secondary N) is 1. The van der Waals surface area contributed by atoms with Gasteiger partial charge < -0.3 is 9.84 Å². The SMILES string of the molecule is Cc1noc(-c2cccc3c2CCCN3)n1.Cl. The van der Waals surface area contributed by atoms with Gasteiger partial charge in [0.2, 0.25) is 0 Å². The molecule has 1 aliphatic rings. The van der Waals surface area contributed by atoms with Gasteiger partial charge in [-0.2, -0.15) is 4.98 Å². The molecule has 0 spiro atoms. The lowest BCUT2D eigenvalue weighted by Gasteiger charge is -2.19. The fourth-order valence-electron chi connectivity index (χ4n) is 2.12. The third-order valence-corrected chi connectivity index (χ3v) is 2.85. The molecule has 0 bridgehead atoms. The standard InChI is InChI=1S/C12H13N3O.ClH/c1-8-14-12(16-15-8)10-4-2-6-11-9(10)5-3-7-13-11;/h2,4,6,13H,3,5,7H2,1H3;1H. The molecule has 17 heavy (non-hydrogen) atoms. The van der Waals surface area contributed by atoms with E-state index in [0.717, 1.165) is 24.9 Å². The number of rotatable bonds is 1. The number of hydrogen-bond acceptors (Lipinski definition) is 4. The van der Waals surface area contributed by atoms with Crippen molar-refractivity contribution in [1.82, 2.24) is 10.1 Å². The smallest absolute Gasteiger partial charge is 0.258 e. The van der Waals surface area contributed by atoms with Gasteiger partial charge in [0.15, 0.2) is 5.82 Å². The lowest BCUT2D eigenvalue weighted by atomic mass is 9.97. The van der Waals surface area contributed by atoms with Gasteiger partial charge in [0.25, 0.3) is 5.89 Å². The molecule has 2 aromatic rings. The van der Waals surface area contributed by atoms with Crippen LogP contribution in [-0.2, 0) is 6.42 Å². The van der Waals surface area contributed by atoms with Crippen molar-refractivity contribution in [2.45, 2.75) is 19.8 Å². The van der Waals surface area contributed by atoms with Gasteiger partial charge in [0, 0.05) is 17.8 Å². The Labute approximate surface area is 106 Å². The van der Waals surface area contributed by atoms with Crippen molar-refractivity contribution in [3.05, 3.63) is 29.6 Å². The van der Waals surface area contributed by atoms with Gasteiger partial charge in [-0.15, -0.1) is 12.4 Å². The highest BCUT2D eigenvalue weighted by Gasteiger charge is 2.16. The highest BCUT2D eigenvalue weighted by atomic mass is 35.5. The number of hydrogen-bond donors (Lipinski definition) is 1. The predicted molar refractivity (Wildman–Crippen MR) is 68.5 cm³/mol. The second-order valence-corrected chi connectivity index (χ2v) is 4.01. The molecule has 0 unspecified atom stereocenters. The molecule has 5 heteroatoms. The minimum atomic E-state index is 0. The Hall–Kier alpha value is -1.55. The van der Waals surface area contributed by atoms with Crippen LogP contribution >= 0.6 is 12.4 Å². The number of nitrogens with zero attached hydrogens (tertiary/aromatic N) is 2. The zero-order valence-electron chi connectivity index (χ0n) is 9.56. The normalized spacial score (nSPS) is 13.5. The molecule has 0 saturated heterocycles. The van der Waals surface area contributed by atoms with Crippen LogP contribution in [0.15, 0.2) is 22.7 Å². The molecule has 1 aromatic carbocycles. The Morgan fingerprint density at radius 1 is 1.35 bits per heavy atom. The molecule has 1 N–H and O–H groups in total. The first-order valence-corrected chi connectivity index (χ1v) is 5.51. The molecular weight excluding hydrogens is 238 g/mol. The maximum absolute atomic E-state index is 5.23. The van der Waals surface area contributed by atoms with Gasteiger partial charge in [-0.3, -0.25) is 0 Å². The molecule has 0 fully saturated rings. The highest BCUT2D eigenvalue weighted by Crippen LogP contribution is 2.31. The molecule has 0 atom stereocenters. The quantitative estimate of drug-likeness (QED) is 0.847. The summed E-state index contributed by atoms with van der Waals surface area (Å²) in [5, 5.41) is 7.23. The second kappa shape index (κ2) is 4.75. The Balaban J connectivity index is 0.00000108. The Kier molecular flexibility index (Phi) is 3.33. The zero-order valence-corrected chi connectivity index (χ0v) is 10.4. The molecule has 0 amide bonds. The first kappa shape index (κ1) is 11.9. The van der Waals surface area contributed by atoms with E-state index in [-0.39, 0.29) is 12.4 Å². The molecule has 0 saturated carbocycles. The first-order valence-electron chi connectivity index (χ1n) is 5.51. The van der Waals surface area contributed by atoms with E-state index in [0.29, 0.717) is 11.7 Å². The van der Waals surface area contributed by atoms with E-state index in [1.54, 1.807) is 0 Å². The van der Waals surface area contributed by atoms with Crippen molar-refractivity contribution in [1.29, 1.82) is 0 Å². The predicted octanol–water partition coefficient (Wildman–Crippen LogP) is 2.82. The molecule has 0 radical (unpaired) electrons. The second-order valence-electron chi connectivity index (χ2n) is 4.01. The lowest BCUT2D eigenvalue weighted by Crippen LogP contribution is -2.12. The molecule has 0 aliphatic carbocycles. The zero-order chi connectivity index (χ0) is 11.0. The third kappa shape index (κ3) is 2.13. The van der Waals surface area contributed by atoms with Crippen LogP contribution in [0.1, 0.15) is 17.8 Å². The summed E-state index contributed by atoms with van der Waals surface area (Å²) in [7, 11) is 0. The van der Waals surface area contributed by atoms with Crippen LogP contribution in [0.25, 0.3) is 11.5 Å². The van der Waals surface area contributed by atoms with Crippen LogP contribution in [-0.4, -0.2) is 16.7 Å². The summed E-state index contributed by atoms with van der Waals surface area (Å²) < 4.78 is 5.23. The van der Waals surface area contributed by atoms with Crippen LogP contribution < -0.4 is 5.32 Å². The Morgan fingerprint density at radius 2 is 2.24 bits per heavy atom. The van der Waals surface area contributed by atoms with Gasteiger partial charge in [-0.05, 0) is 37.5 Å². The number of aryl methyl sites for hydroxylation is 1. The highest BCUT2D eigenvalue weighted by molar-refractivity contribution is 5.85. The Morgan fingerprint density at radius 3 is 3.00 bits per heavy atom. The number of fused-ring (bicyclic) bond motifs is 1. The summed E-state index contributed by atoms with van der Waals surface area (Å²) >= 11 is 0. The summed E-state index contributed by atoms with van der Waals surface area (Å²) in [4.78, 5) is 4.28. The van der Waals surface area contributed by atoms with Crippen molar-refractivity contribution in [3.8, 4) is 11.5 Å². The van der Waals surface area contributed by atoms with E-state index >= 15 is 0 Å². The number of aromatic nitrogens is 2. The first-order chi connectivity index (χ1) is 7.84. The van der Waals surface area contributed by atoms with E-state index < -0.39 is 0 Å². The van der Waals surface area contributed by atoms with Crippen LogP contribution in [0.2, 0.25) is 0 Å². The van der Waals surface area contributed by atoms with Gasteiger partial charge >= 0.3 is 0 Å². The van der Waals surface area contributed by atoms with Gasteiger partial charge in [-0.25, -0.2) is 0 Å². The molecule has 90 valence electrons. The largest absolute Gasteiger partial charge is 0.385 e. The van der Waals surface area contributed by atoms with E-state index in [1.807, 2.05) is 19.1 Å². The van der Waals surface area contributed by atoms with E-state index in [2.05, 4.69) is 21.5 Å². The van der Waals surface area contributed by atoms with Crippen molar-refractivity contribution in [3.63, 3.8) is 0 Å².